The van der Waals surface area contributed by atoms with Gasteiger partial charge in [-0.3, -0.25) is 0 Å². The number of allylic oxidation sites excluding steroid dienone is 3. The highest BCUT2D eigenvalue weighted by molar-refractivity contribution is 4.86. The Bertz CT molecular complexity index is 330. The molecule has 0 aromatic heterocycles. The lowest BCUT2D eigenvalue weighted by molar-refractivity contribution is 0.308. The second-order valence-electron chi connectivity index (χ2n) is 8.83. The van der Waals surface area contributed by atoms with Gasteiger partial charge in [0.05, 0.1) is 0 Å². The zero-order valence-corrected chi connectivity index (χ0v) is 19.4. The van der Waals surface area contributed by atoms with Crippen LogP contribution in [0.25, 0.3) is 0 Å². The first-order valence-electron chi connectivity index (χ1n) is 12.6. The van der Waals surface area contributed by atoms with Crippen molar-refractivity contribution in [2.45, 2.75) is 129 Å². The van der Waals surface area contributed by atoms with Crippen LogP contribution in [-0.4, -0.2) is 0 Å². The van der Waals surface area contributed by atoms with Crippen molar-refractivity contribution >= 4 is 0 Å². The molecular weight excluding hydrogens is 336 g/mol. The molecule has 1 unspecified atom stereocenters. The zero-order valence-electron chi connectivity index (χ0n) is 19.4. The maximum atomic E-state index is 3.97. The first kappa shape index (κ1) is 27.2. The second kappa shape index (κ2) is 22.5. The number of hydrogen-bond donors (Lipinski definition) is 0. The highest BCUT2D eigenvalue weighted by Crippen LogP contribution is 2.29. The van der Waals surface area contributed by atoms with E-state index in [4.69, 9.17) is 0 Å². The Balaban J connectivity index is 3.54. The summed E-state index contributed by atoms with van der Waals surface area (Å²) < 4.78 is 0. The van der Waals surface area contributed by atoms with Crippen LogP contribution in [-0.2, 0) is 0 Å². The Morgan fingerprint density at radius 3 is 1.14 bits per heavy atom. The summed E-state index contributed by atoms with van der Waals surface area (Å²) in [5.74, 6) is 1.47. The molecule has 0 aromatic carbocycles. The van der Waals surface area contributed by atoms with Gasteiger partial charge in [-0.05, 0) is 37.5 Å². The second-order valence-corrected chi connectivity index (χ2v) is 8.83. The van der Waals surface area contributed by atoms with Crippen molar-refractivity contribution in [3.63, 3.8) is 0 Å². The molecule has 0 heterocycles. The predicted molar refractivity (Wildman–Crippen MR) is 131 cm³/mol. The van der Waals surface area contributed by atoms with Gasteiger partial charge in [-0.2, -0.15) is 0 Å². The summed E-state index contributed by atoms with van der Waals surface area (Å²) in [5, 5.41) is 0. The molecule has 0 radical (unpaired) electrons. The van der Waals surface area contributed by atoms with Crippen LogP contribution in [0.3, 0.4) is 0 Å². The molecule has 0 rings (SSSR count). The van der Waals surface area contributed by atoms with Crippen molar-refractivity contribution < 1.29 is 0 Å². The van der Waals surface area contributed by atoms with Crippen molar-refractivity contribution in [3.05, 3.63) is 38.0 Å². The van der Waals surface area contributed by atoms with E-state index in [2.05, 4.69) is 44.9 Å². The van der Waals surface area contributed by atoms with Gasteiger partial charge in [0.2, 0.25) is 0 Å². The van der Waals surface area contributed by atoms with Gasteiger partial charge >= 0.3 is 0 Å². The Morgan fingerprint density at radius 2 is 0.786 bits per heavy atom. The van der Waals surface area contributed by atoms with Gasteiger partial charge in [0.25, 0.3) is 0 Å². The van der Waals surface area contributed by atoms with Gasteiger partial charge < -0.3 is 0 Å². The minimum Gasteiger partial charge on any atom is -0.103 e. The molecule has 0 spiro atoms. The average molecular weight is 389 g/mol. The van der Waals surface area contributed by atoms with E-state index >= 15 is 0 Å². The maximum Gasteiger partial charge on any atom is -0.0314 e. The van der Waals surface area contributed by atoms with Gasteiger partial charge in [0.1, 0.15) is 0 Å². The molecule has 0 fully saturated rings. The summed E-state index contributed by atoms with van der Waals surface area (Å²) in [4.78, 5) is 0. The third-order valence-electron chi connectivity index (χ3n) is 6.25. The third-order valence-corrected chi connectivity index (χ3v) is 6.25. The van der Waals surface area contributed by atoms with Crippen LogP contribution < -0.4 is 0 Å². The van der Waals surface area contributed by atoms with Crippen LogP contribution in [0.2, 0.25) is 0 Å². The summed E-state index contributed by atoms with van der Waals surface area (Å²) >= 11 is 0. The van der Waals surface area contributed by atoms with Crippen LogP contribution in [0.1, 0.15) is 129 Å². The molecular formula is C28H52. The molecule has 0 nitrogen and oxygen atoms in total. The summed E-state index contributed by atoms with van der Waals surface area (Å²) in [6.45, 7) is 14.2. The van der Waals surface area contributed by atoms with Crippen molar-refractivity contribution in [3.8, 4) is 0 Å². The lowest BCUT2D eigenvalue weighted by Crippen LogP contribution is -2.13. The summed E-state index contributed by atoms with van der Waals surface area (Å²) in [6, 6.07) is 0. The van der Waals surface area contributed by atoms with Crippen molar-refractivity contribution in [1.29, 1.82) is 0 Å². The fourth-order valence-electron chi connectivity index (χ4n) is 4.45. The molecule has 0 heteroatoms. The molecule has 0 amide bonds. The van der Waals surface area contributed by atoms with E-state index in [1.807, 2.05) is 0 Å². The Labute approximate surface area is 179 Å². The minimum absolute atomic E-state index is 0.708. The smallest absolute Gasteiger partial charge is 0.0314 e. The first-order valence-corrected chi connectivity index (χ1v) is 12.6. The number of unbranched alkanes of at least 4 members (excludes halogenated alkanes) is 14. The molecule has 0 saturated heterocycles. The highest BCUT2D eigenvalue weighted by atomic mass is 14.2. The Kier molecular flexibility index (Phi) is 21.9. The fourth-order valence-corrected chi connectivity index (χ4v) is 4.45. The van der Waals surface area contributed by atoms with Gasteiger partial charge in [-0.25, -0.2) is 0 Å². The van der Waals surface area contributed by atoms with Crippen molar-refractivity contribution in [1.82, 2.24) is 0 Å². The predicted octanol–water partition coefficient (Wildman–Crippen LogP) is 10.2. The van der Waals surface area contributed by atoms with Gasteiger partial charge in [0, 0.05) is 0 Å². The summed E-state index contributed by atoms with van der Waals surface area (Å²) in [7, 11) is 0. The molecule has 0 aliphatic rings. The van der Waals surface area contributed by atoms with E-state index in [1.54, 1.807) is 0 Å². The molecule has 0 aromatic rings. The van der Waals surface area contributed by atoms with Crippen molar-refractivity contribution in [2.24, 2.45) is 11.8 Å². The fraction of sp³-hybridized carbons (Fsp3) is 0.786. The SMILES string of the molecule is C=CCC(CC=C)C(CC=C)CCCCCCCCCCCCCCCCC. The minimum atomic E-state index is 0.708. The topological polar surface area (TPSA) is 0 Å². The normalized spacial score (nSPS) is 12.2. The van der Waals surface area contributed by atoms with Gasteiger partial charge in [-0.15, -0.1) is 19.7 Å². The molecule has 28 heavy (non-hydrogen) atoms. The van der Waals surface area contributed by atoms with Crippen LogP contribution >= 0.6 is 0 Å². The van der Waals surface area contributed by atoms with Gasteiger partial charge in [0.15, 0.2) is 0 Å². The van der Waals surface area contributed by atoms with Crippen LogP contribution in [0.5, 0.6) is 0 Å². The number of rotatable bonds is 23. The monoisotopic (exact) mass is 388 g/mol. The third kappa shape index (κ3) is 17.3. The lowest BCUT2D eigenvalue weighted by atomic mass is 9.81. The molecule has 1 atom stereocenters. The van der Waals surface area contributed by atoms with E-state index in [9.17, 15) is 0 Å². The van der Waals surface area contributed by atoms with Crippen LogP contribution in [0.4, 0.5) is 0 Å². The van der Waals surface area contributed by atoms with E-state index < -0.39 is 0 Å². The summed E-state index contributed by atoms with van der Waals surface area (Å²) in [6.07, 6.45) is 32.5. The first-order chi connectivity index (χ1) is 13.8. The average Bonchev–Trinajstić information content (AvgIpc) is 2.70. The Hall–Kier alpha value is -0.780. The molecule has 0 aliphatic carbocycles. The van der Waals surface area contributed by atoms with E-state index in [1.165, 1.54) is 103 Å². The van der Waals surface area contributed by atoms with E-state index in [0.717, 1.165) is 25.2 Å². The molecule has 0 N–H and O–H groups in total. The zero-order chi connectivity index (χ0) is 20.7. The lowest BCUT2D eigenvalue weighted by Gasteiger charge is -2.24. The molecule has 164 valence electrons. The molecule has 0 aliphatic heterocycles. The van der Waals surface area contributed by atoms with Crippen LogP contribution in [0, 0.1) is 11.8 Å². The molecule has 0 bridgehead atoms. The van der Waals surface area contributed by atoms with Crippen LogP contribution in [0.15, 0.2) is 38.0 Å². The highest BCUT2D eigenvalue weighted by Gasteiger charge is 2.17. The van der Waals surface area contributed by atoms with Gasteiger partial charge in [-0.1, -0.05) is 121 Å². The Morgan fingerprint density at radius 1 is 0.464 bits per heavy atom. The quantitative estimate of drug-likeness (QED) is 0.121. The standard InChI is InChI=1S/C28H52/c1-5-9-10-11-12-13-14-15-16-17-18-19-20-21-22-26-28(25-8-4)27(23-6-2)24-7-3/h6-8,27-28H,2-5,9-26H2,1H3. The molecule has 0 saturated carbocycles. The number of hydrogen-bond acceptors (Lipinski definition) is 0. The van der Waals surface area contributed by atoms with E-state index in [-0.39, 0.29) is 0 Å². The summed E-state index contributed by atoms with van der Waals surface area (Å²) in [5.41, 5.74) is 0. The largest absolute Gasteiger partial charge is 0.103 e. The van der Waals surface area contributed by atoms with Crippen molar-refractivity contribution in [2.75, 3.05) is 0 Å². The van der Waals surface area contributed by atoms with E-state index in [0.29, 0.717) is 5.92 Å². The maximum absolute atomic E-state index is 3.97.